The van der Waals surface area contributed by atoms with E-state index in [1.165, 1.54) is 14.7 Å². The first-order valence-corrected chi connectivity index (χ1v) is 12.5. The van der Waals surface area contributed by atoms with Crippen molar-refractivity contribution in [2.24, 2.45) is 0 Å². The van der Waals surface area contributed by atoms with Crippen LogP contribution in [0.1, 0.15) is 0 Å². The van der Waals surface area contributed by atoms with E-state index in [1.54, 1.807) is 0 Å². The average molecular weight is 586 g/mol. The van der Waals surface area contributed by atoms with Crippen LogP contribution in [0.3, 0.4) is 0 Å². The minimum absolute atomic E-state index is 0.00392. The quantitative estimate of drug-likeness (QED) is 0.0423. The third-order valence-corrected chi connectivity index (χ3v) is 5.14. The number of carboxylic acids is 3. The fraction of sp³-hybridized carbons (Fsp3) is 0.542. The zero-order valence-corrected chi connectivity index (χ0v) is 22.8. The first kappa shape index (κ1) is 36.6. The summed E-state index contributed by atoms with van der Waals surface area (Å²) in [4.78, 5) is 84.7. The van der Waals surface area contributed by atoms with E-state index in [-0.39, 0.29) is 65.4 Å². The molecule has 17 nitrogen and oxygen atoms in total. The van der Waals surface area contributed by atoms with Crippen LogP contribution >= 0.6 is 0 Å². The average Bonchev–Trinajstić information content (AvgIpc) is 2.89. The van der Waals surface area contributed by atoms with Gasteiger partial charge in [-0.15, -0.1) is 0 Å². The normalized spacial score (nSPS) is 10.6. The molecule has 0 bridgehead atoms. The van der Waals surface area contributed by atoms with E-state index in [0.717, 1.165) is 12.2 Å². The third-order valence-electron chi connectivity index (χ3n) is 5.14. The van der Waals surface area contributed by atoms with Crippen LogP contribution in [0.15, 0.2) is 25.3 Å². The lowest BCUT2D eigenvalue weighted by atomic mass is 10.3. The van der Waals surface area contributed by atoms with Crippen LogP contribution in [0, 0.1) is 0 Å². The van der Waals surface area contributed by atoms with Crippen molar-refractivity contribution in [1.82, 2.24) is 36.0 Å². The monoisotopic (exact) mass is 585 g/mol. The van der Waals surface area contributed by atoms with Crippen molar-refractivity contribution in [3.63, 3.8) is 0 Å². The molecule has 0 atom stereocenters. The summed E-state index contributed by atoms with van der Waals surface area (Å²) in [5, 5.41) is 37.7. The number of hydrogen-bond donors (Lipinski definition) is 7. The molecule has 4 amide bonds. The lowest BCUT2D eigenvalue weighted by Crippen LogP contribution is -2.48. The summed E-state index contributed by atoms with van der Waals surface area (Å²) in [7, 11) is 0. The smallest absolute Gasteiger partial charge is 0.317 e. The van der Waals surface area contributed by atoms with Crippen LogP contribution < -0.4 is 21.3 Å². The summed E-state index contributed by atoms with van der Waals surface area (Å²) in [6.45, 7) is 5.05. The topological polar surface area (TPSA) is 238 Å². The van der Waals surface area contributed by atoms with Gasteiger partial charge in [-0.25, -0.2) is 0 Å². The predicted octanol–water partition coefficient (Wildman–Crippen LogP) is -4.02. The standard InChI is InChI=1S/C24H39N7O10/c1-3-18(32)25-5-7-27-20(34)13-30(16-23(38)39)11-9-29(15-22(36)37)10-12-31(17-24(40)41)14-21(35)28-8-6-26-19(33)4-2/h3-4H,1-2,5-17H2,(H,25,32)(H,26,33)(H,27,34)(H,28,35)(H,36,37)(H,38,39)(H,40,41). The molecule has 7 N–H and O–H groups in total. The van der Waals surface area contributed by atoms with Crippen LogP contribution in [0.4, 0.5) is 0 Å². The number of nitrogens with one attached hydrogen (secondary N) is 4. The van der Waals surface area contributed by atoms with Crippen molar-refractivity contribution in [1.29, 1.82) is 0 Å². The zero-order chi connectivity index (χ0) is 31.2. The highest BCUT2D eigenvalue weighted by molar-refractivity contribution is 5.87. The van der Waals surface area contributed by atoms with Crippen LogP contribution in [-0.4, -0.2) is 157 Å². The number of carbonyl (C=O) groups is 7. The molecule has 0 saturated heterocycles. The number of carboxylic acid groups (broad SMARTS) is 3. The first-order valence-electron chi connectivity index (χ1n) is 12.5. The Balaban J connectivity index is 5.01. The molecule has 0 fully saturated rings. The Morgan fingerprint density at radius 2 is 0.780 bits per heavy atom. The summed E-state index contributed by atoms with van der Waals surface area (Å²) in [6.07, 6.45) is 2.15. The van der Waals surface area contributed by atoms with Crippen molar-refractivity contribution in [3.05, 3.63) is 25.3 Å². The Morgan fingerprint density at radius 3 is 1.10 bits per heavy atom. The molecule has 0 rings (SSSR count). The molecule has 0 aliphatic rings. The van der Waals surface area contributed by atoms with Gasteiger partial charge in [0.05, 0.1) is 32.7 Å². The van der Waals surface area contributed by atoms with E-state index in [0.29, 0.717) is 0 Å². The Labute approximate surface area is 237 Å². The van der Waals surface area contributed by atoms with Gasteiger partial charge < -0.3 is 36.6 Å². The number of aliphatic carboxylic acids is 3. The van der Waals surface area contributed by atoms with Crippen molar-refractivity contribution < 1.29 is 48.9 Å². The lowest BCUT2D eigenvalue weighted by Gasteiger charge is -2.28. The second-order valence-corrected chi connectivity index (χ2v) is 8.57. The molecule has 0 heterocycles. The summed E-state index contributed by atoms with van der Waals surface area (Å²) >= 11 is 0. The number of nitrogens with zero attached hydrogens (tertiary/aromatic N) is 3. The molecular weight excluding hydrogens is 546 g/mol. The molecule has 0 aromatic rings. The van der Waals surface area contributed by atoms with Gasteiger partial charge in [0, 0.05) is 52.4 Å². The minimum Gasteiger partial charge on any atom is -0.480 e. The SMILES string of the molecule is C=CC(=O)NCCNC(=O)CN(CCN(CCN(CC(=O)O)CC(=O)NCCNC(=O)C=C)CC(=O)O)CC(=O)O. The lowest BCUT2D eigenvalue weighted by molar-refractivity contribution is -0.141. The van der Waals surface area contributed by atoms with Crippen LogP contribution in [0.5, 0.6) is 0 Å². The molecule has 230 valence electrons. The van der Waals surface area contributed by atoms with Gasteiger partial charge in [-0.2, -0.15) is 0 Å². The summed E-state index contributed by atoms with van der Waals surface area (Å²) < 4.78 is 0. The van der Waals surface area contributed by atoms with E-state index in [9.17, 15) is 48.9 Å². The molecule has 17 heteroatoms. The van der Waals surface area contributed by atoms with Gasteiger partial charge in [0.15, 0.2) is 0 Å². The zero-order valence-electron chi connectivity index (χ0n) is 22.8. The van der Waals surface area contributed by atoms with Crippen molar-refractivity contribution in [2.45, 2.75) is 0 Å². The fourth-order valence-electron chi connectivity index (χ4n) is 3.28. The molecule has 0 aliphatic carbocycles. The van der Waals surface area contributed by atoms with E-state index in [2.05, 4.69) is 34.4 Å². The molecule has 0 saturated carbocycles. The second-order valence-electron chi connectivity index (χ2n) is 8.57. The van der Waals surface area contributed by atoms with E-state index < -0.39 is 61.2 Å². The first-order chi connectivity index (χ1) is 19.4. The molecule has 0 aromatic heterocycles. The van der Waals surface area contributed by atoms with Gasteiger partial charge in [-0.3, -0.25) is 48.3 Å². The third kappa shape index (κ3) is 21.2. The highest BCUT2D eigenvalue weighted by Crippen LogP contribution is 1.97. The second kappa shape index (κ2) is 21.5. The summed E-state index contributed by atoms with van der Waals surface area (Å²) in [5.41, 5.74) is 0. The van der Waals surface area contributed by atoms with Gasteiger partial charge in [0.25, 0.3) is 0 Å². The Morgan fingerprint density at radius 1 is 0.488 bits per heavy atom. The van der Waals surface area contributed by atoms with Crippen LogP contribution in [-0.2, 0) is 33.6 Å². The van der Waals surface area contributed by atoms with Crippen LogP contribution in [0.25, 0.3) is 0 Å². The molecule has 0 aliphatic heterocycles. The van der Waals surface area contributed by atoms with Crippen molar-refractivity contribution in [3.8, 4) is 0 Å². The molecule has 0 aromatic carbocycles. The van der Waals surface area contributed by atoms with Crippen molar-refractivity contribution >= 4 is 41.5 Å². The molecular formula is C24H39N7O10. The largest absolute Gasteiger partial charge is 0.480 e. The van der Waals surface area contributed by atoms with E-state index >= 15 is 0 Å². The predicted molar refractivity (Wildman–Crippen MR) is 145 cm³/mol. The number of hydrogen-bond acceptors (Lipinski definition) is 10. The Bertz CT molecular complexity index is 878. The highest BCUT2D eigenvalue weighted by Gasteiger charge is 2.19. The fourth-order valence-corrected chi connectivity index (χ4v) is 3.28. The number of carbonyl (C=O) groups excluding carboxylic acids is 4. The molecule has 41 heavy (non-hydrogen) atoms. The van der Waals surface area contributed by atoms with E-state index in [4.69, 9.17) is 0 Å². The maximum absolute atomic E-state index is 12.2. The van der Waals surface area contributed by atoms with Gasteiger partial charge >= 0.3 is 17.9 Å². The maximum Gasteiger partial charge on any atom is 0.317 e. The van der Waals surface area contributed by atoms with Gasteiger partial charge in [-0.1, -0.05) is 13.2 Å². The van der Waals surface area contributed by atoms with Crippen LogP contribution in [0.2, 0.25) is 0 Å². The number of rotatable bonds is 24. The maximum atomic E-state index is 12.2. The Kier molecular flexibility index (Phi) is 19.2. The van der Waals surface area contributed by atoms with Gasteiger partial charge in [0.1, 0.15) is 0 Å². The summed E-state index contributed by atoms with van der Waals surface area (Å²) in [5.74, 6) is -5.44. The number of amides is 4. The Hall–Kier alpha value is -4.35. The van der Waals surface area contributed by atoms with Gasteiger partial charge in [-0.05, 0) is 12.2 Å². The molecule has 0 radical (unpaired) electrons. The molecule has 0 unspecified atom stereocenters. The minimum atomic E-state index is -1.21. The summed E-state index contributed by atoms with van der Waals surface area (Å²) in [6, 6.07) is 0. The van der Waals surface area contributed by atoms with Gasteiger partial charge in [0.2, 0.25) is 23.6 Å². The van der Waals surface area contributed by atoms with Crippen molar-refractivity contribution in [2.75, 3.05) is 85.1 Å². The van der Waals surface area contributed by atoms with E-state index in [1.807, 2.05) is 0 Å². The molecule has 0 spiro atoms. The highest BCUT2D eigenvalue weighted by atomic mass is 16.4.